The number of rotatable bonds is 5. The normalized spacial score (nSPS) is 20.9. The monoisotopic (exact) mass is 296 g/mol. The molecule has 0 aromatic heterocycles. The van der Waals surface area contributed by atoms with E-state index in [1.165, 1.54) is 4.90 Å². The van der Waals surface area contributed by atoms with Crippen molar-refractivity contribution in [3.63, 3.8) is 0 Å². The van der Waals surface area contributed by atoms with Crippen molar-refractivity contribution in [2.75, 3.05) is 25.6 Å². The van der Waals surface area contributed by atoms with Crippen LogP contribution in [0.5, 0.6) is 0 Å². The molecular formula is C14H20N2OS2. The number of carbonyl (C=O) groups is 1. The van der Waals surface area contributed by atoms with Crippen molar-refractivity contribution < 1.29 is 4.79 Å². The van der Waals surface area contributed by atoms with Crippen LogP contribution in [-0.2, 0) is 4.79 Å². The predicted molar refractivity (Wildman–Crippen MR) is 83.7 cm³/mol. The van der Waals surface area contributed by atoms with Crippen molar-refractivity contribution in [3.05, 3.63) is 29.8 Å². The molecule has 0 aliphatic carbocycles. The Kier molecular flexibility index (Phi) is 5.19. The first-order valence-electron chi connectivity index (χ1n) is 6.35. The number of hydrogen-bond acceptors (Lipinski definition) is 4. The number of benzene rings is 1. The second-order valence-corrected chi connectivity index (χ2v) is 6.80. The minimum absolute atomic E-state index is 0.0259. The standard InChI is InChI=1S/C14H20N2OS2/c1-10(18-2)9-16-13(17)8-15-14(16)11-4-6-12(19-3)7-5-11/h4-7,10,14-15H,8-9H2,1-3H3. The molecule has 0 saturated carbocycles. The summed E-state index contributed by atoms with van der Waals surface area (Å²) >= 11 is 3.52. The number of thioether (sulfide) groups is 2. The van der Waals surface area contributed by atoms with Gasteiger partial charge in [-0.2, -0.15) is 11.8 Å². The van der Waals surface area contributed by atoms with Gasteiger partial charge in [-0.05, 0) is 30.2 Å². The zero-order chi connectivity index (χ0) is 13.8. The van der Waals surface area contributed by atoms with Crippen molar-refractivity contribution in [1.29, 1.82) is 0 Å². The van der Waals surface area contributed by atoms with Gasteiger partial charge in [0.05, 0.1) is 6.54 Å². The van der Waals surface area contributed by atoms with Gasteiger partial charge in [0, 0.05) is 16.7 Å². The van der Waals surface area contributed by atoms with Crippen molar-refractivity contribution in [1.82, 2.24) is 10.2 Å². The second-order valence-electron chi connectivity index (χ2n) is 4.65. The maximum absolute atomic E-state index is 12.0. The minimum atomic E-state index is 0.0259. The lowest BCUT2D eigenvalue weighted by Gasteiger charge is -2.27. The van der Waals surface area contributed by atoms with Crippen LogP contribution in [-0.4, -0.2) is 41.7 Å². The Morgan fingerprint density at radius 3 is 2.63 bits per heavy atom. The van der Waals surface area contributed by atoms with E-state index < -0.39 is 0 Å². The lowest BCUT2D eigenvalue weighted by Crippen LogP contribution is -2.34. The summed E-state index contributed by atoms with van der Waals surface area (Å²) in [6.07, 6.45) is 4.18. The van der Waals surface area contributed by atoms with E-state index in [1.807, 2.05) is 4.90 Å². The molecule has 0 bridgehead atoms. The first kappa shape index (κ1) is 14.8. The van der Waals surface area contributed by atoms with E-state index in [2.05, 4.69) is 49.0 Å². The molecule has 1 heterocycles. The smallest absolute Gasteiger partial charge is 0.238 e. The second kappa shape index (κ2) is 6.68. The summed E-state index contributed by atoms with van der Waals surface area (Å²) in [5, 5.41) is 3.76. The highest BCUT2D eigenvalue weighted by molar-refractivity contribution is 7.99. The van der Waals surface area contributed by atoms with Crippen molar-refractivity contribution in [2.24, 2.45) is 0 Å². The van der Waals surface area contributed by atoms with E-state index in [-0.39, 0.29) is 12.1 Å². The predicted octanol–water partition coefficient (Wildman–Crippen LogP) is 2.59. The van der Waals surface area contributed by atoms with E-state index in [1.54, 1.807) is 23.5 Å². The molecule has 1 aliphatic heterocycles. The highest BCUT2D eigenvalue weighted by Crippen LogP contribution is 2.26. The van der Waals surface area contributed by atoms with Crippen LogP contribution >= 0.6 is 23.5 Å². The number of carbonyl (C=O) groups excluding carboxylic acids is 1. The van der Waals surface area contributed by atoms with Crippen LogP contribution in [0.3, 0.4) is 0 Å². The summed E-state index contributed by atoms with van der Waals surface area (Å²) in [6.45, 7) is 3.39. The first-order valence-corrected chi connectivity index (χ1v) is 8.86. The highest BCUT2D eigenvalue weighted by atomic mass is 32.2. The zero-order valence-electron chi connectivity index (χ0n) is 11.6. The Bertz CT molecular complexity index is 436. The Hall–Kier alpha value is -0.650. The molecule has 1 aliphatic rings. The van der Waals surface area contributed by atoms with Gasteiger partial charge in [0.2, 0.25) is 5.91 Å². The minimum Gasteiger partial charge on any atom is -0.321 e. The largest absolute Gasteiger partial charge is 0.321 e. The van der Waals surface area contributed by atoms with Crippen molar-refractivity contribution in [2.45, 2.75) is 23.2 Å². The fraction of sp³-hybridized carbons (Fsp3) is 0.500. The summed E-state index contributed by atoms with van der Waals surface area (Å²) in [6, 6.07) is 8.44. The average molecular weight is 296 g/mol. The summed E-state index contributed by atoms with van der Waals surface area (Å²) in [4.78, 5) is 15.2. The molecule has 2 unspecified atom stereocenters. The maximum atomic E-state index is 12.0. The molecule has 19 heavy (non-hydrogen) atoms. The molecule has 0 radical (unpaired) electrons. The fourth-order valence-electron chi connectivity index (χ4n) is 2.18. The molecule has 1 aromatic carbocycles. The van der Waals surface area contributed by atoms with Gasteiger partial charge >= 0.3 is 0 Å². The Morgan fingerprint density at radius 1 is 1.37 bits per heavy atom. The third kappa shape index (κ3) is 3.46. The topological polar surface area (TPSA) is 32.3 Å². The van der Waals surface area contributed by atoms with Gasteiger partial charge in [-0.1, -0.05) is 19.1 Å². The molecule has 1 fully saturated rings. The summed E-state index contributed by atoms with van der Waals surface area (Å²) in [7, 11) is 0. The molecule has 3 nitrogen and oxygen atoms in total. The van der Waals surface area contributed by atoms with Gasteiger partial charge in [-0.3, -0.25) is 10.1 Å². The zero-order valence-corrected chi connectivity index (χ0v) is 13.2. The van der Waals surface area contributed by atoms with Crippen LogP contribution < -0.4 is 5.32 Å². The quantitative estimate of drug-likeness (QED) is 0.847. The lowest BCUT2D eigenvalue weighted by molar-refractivity contribution is -0.128. The molecule has 0 spiro atoms. The number of nitrogens with one attached hydrogen (secondary N) is 1. The maximum Gasteiger partial charge on any atom is 0.238 e. The third-order valence-corrected chi connectivity index (χ3v) is 5.06. The molecule has 1 N–H and O–H groups in total. The van der Waals surface area contributed by atoms with E-state index >= 15 is 0 Å². The summed E-state index contributed by atoms with van der Waals surface area (Å²) in [5.41, 5.74) is 1.16. The van der Waals surface area contributed by atoms with Gasteiger partial charge in [-0.25, -0.2) is 0 Å². The first-order chi connectivity index (χ1) is 9.15. The van der Waals surface area contributed by atoms with Crippen LogP contribution in [0, 0.1) is 0 Å². The Balaban J connectivity index is 2.14. The third-order valence-electron chi connectivity index (χ3n) is 3.37. The van der Waals surface area contributed by atoms with Gasteiger partial charge in [0.15, 0.2) is 0 Å². The van der Waals surface area contributed by atoms with Crippen LogP contribution in [0.1, 0.15) is 18.7 Å². The number of nitrogens with zero attached hydrogens (tertiary/aromatic N) is 1. The van der Waals surface area contributed by atoms with Gasteiger partial charge in [-0.15, -0.1) is 11.8 Å². The molecule has 2 atom stereocenters. The van der Waals surface area contributed by atoms with Crippen LogP contribution in [0.2, 0.25) is 0 Å². The highest BCUT2D eigenvalue weighted by Gasteiger charge is 2.32. The number of hydrogen-bond donors (Lipinski definition) is 1. The van der Waals surface area contributed by atoms with E-state index in [0.717, 1.165) is 12.1 Å². The fourth-order valence-corrected chi connectivity index (χ4v) is 2.90. The molecule has 2 rings (SSSR count). The SMILES string of the molecule is CSc1ccc(C2NCC(=O)N2CC(C)SC)cc1. The van der Waals surface area contributed by atoms with Crippen LogP contribution in [0.15, 0.2) is 29.2 Å². The lowest BCUT2D eigenvalue weighted by atomic mass is 10.1. The van der Waals surface area contributed by atoms with Crippen molar-refractivity contribution >= 4 is 29.4 Å². The molecule has 1 aromatic rings. The summed E-state index contributed by atoms with van der Waals surface area (Å²) < 4.78 is 0. The van der Waals surface area contributed by atoms with E-state index in [9.17, 15) is 4.79 Å². The Labute approximate surface area is 123 Å². The van der Waals surface area contributed by atoms with E-state index in [4.69, 9.17) is 0 Å². The van der Waals surface area contributed by atoms with Gasteiger partial charge in [0.1, 0.15) is 6.17 Å². The summed E-state index contributed by atoms with van der Waals surface area (Å²) in [5.74, 6) is 0.194. The molecule has 104 valence electrons. The van der Waals surface area contributed by atoms with Crippen molar-refractivity contribution in [3.8, 4) is 0 Å². The van der Waals surface area contributed by atoms with Gasteiger partial charge < -0.3 is 4.90 Å². The average Bonchev–Trinajstić information content (AvgIpc) is 2.80. The van der Waals surface area contributed by atoms with Gasteiger partial charge in [0.25, 0.3) is 0 Å². The Morgan fingerprint density at radius 2 is 2.05 bits per heavy atom. The molecular weight excluding hydrogens is 276 g/mol. The van der Waals surface area contributed by atoms with Crippen LogP contribution in [0.4, 0.5) is 0 Å². The molecule has 1 saturated heterocycles. The molecule has 5 heteroatoms. The van der Waals surface area contributed by atoms with E-state index in [0.29, 0.717) is 11.8 Å². The molecule has 1 amide bonds. The van der Waals surface area contributed by atoms with Crippen LogP contribution in [0.25, 0.3) is 0 Å². The number of amides is 1.